The Bertz CT molecular complexity index is 1350. The molecule has 190 valence electrons. The van der Waals surface area contributed by atoms with Gasteiger partial charge in [0, 0.05) is 23.3 Å². The van der Waals surface area contributed by atoms with Gasteiger partial charge in [-0.05, 0) is 57.2 Å². The molecule has 0 saturated heterocycles. The Morgan fingerprint density at radius 2 is 1.83 bits per heavy atom. The van der Waals surface area contributed by atoms with Gasteiger partial charge in [0.1, 0.15) is 17.2 Å². The van der Waals surface area contributed by atoms with Crippen molar-refractivity contribution in [1.82, 2.24) is 15.0 Å². The van der Waals surface area contributed by atoms with Crippen LogP contribution in [0.25, 0.3) is 22.0 Å². The number of pyridine rings is 3. The molecule has 4 rings (SSSR count). The van der Waals surface area contributed by atoms with Crippen LogP contribution in [0.3, 0.4) is 0 Å². The van der Waals surface area contributed by atoms with Gasteiger partial charge in [0.15, 0.2) is 0 Å². The number of halogens is 3. The minimum Gasteiger partial charge on any atom is -0.444 e. The number of nitrogens with two attached hydrogens (primary N) is 1. The molecule has 1 aliphatic carbocycles. The van der Waals surface area contributed by atoms with Crippen LogP contribution in [-0.4, -0.2) is 38.7 Å². The fraction of sp³-hybridized carbons (Fsp3) is 0.375. The summed E-state index contributed by atoms with van der Waals surface area (Å²) in [4.78, 5) is 37.1. The van der Waals surface area contributed by atoms with Crippen molar-refractivity contribution in [2.75, 3.05) is 16.4 Å². The summed E-state index contributed by atoms with van der Waals surface area (Å²) in [5, 5.41) is 6.19. The maximum atomic E-state index is 12.8. The van der Waals surface area contributed by atoms with Gasteiger partial charge in [-0.25, -0.2) is 14.8 Å². The number of hydrogen-bond donors (Lipinski definition) is 3. The number of ether oxygens (including phenoxy) is 1. The Hall–Kier alpha value is -3.96. The summed E-state index contributed by atoms with van der Waals surface area (Å²) >= 11 is 0. The van der Waals surface area contributed by atoms with Crippen LogP contribution in [0.15, 0.2) is 30.7 Å². The van der Waals surface area contributed by atoms with Crippen molar-refractivity contribution in [2.24, 2.45) is 11.8 Å². The van der Waals surface area contributed by atoms with Crippen molar-refractivity contribution in [1.29, 1.82) is 0 Å². The molecule has 0 bridgehead atoms. The van der Waals surface area contributed by atoms with Gasteiger partial charge >= 0.3 is 12.3 Å². The molecule has 0 aliphatic heterocycles. The molecule has 12 heteroatoms. The van der Waals surface area contributed by atoms with Gasteiger partial charge in [0.05, 0.1) is 29.4 Å². The van der Waals surface area contributed by atoms with Crippen LogP contribution >= 0.6 is 0 Å². The summed E-state index contributed by atoms with van der Waals surface area (Å²) in [5.74, 6) is -3.20. The van der Waals surface area contributed by atoms with E-state index in [-0.39, 0.29) is 18.1 Å². The van der Waals surface area contributed by atoms with Crippen molar-refractivity contribution in [3.05, 3.63) is 36.3 Å². The molecule has 1 aliphatic rings. The zero-order valence-corrected chi connectivity index (χ0v) is 20.0. The summed E-state index contributed by atoms with van der Waals surface area (Å²) in [6.07, 6.45) is -0.813. The summed E-state index contributed by atoms with van der Waals surface area (Å²) in [5.41, 5.74) is 7.58. The molecule has 1 saturated carbocycles. The molecule has 3 aromatic heterocycles. The molecule has 0 aromatic carbocycles. The van der Waals surface area contributed by atoms with Crippen LogP contribution < -0.4 is 16.4 Å². The summed E-state index contributed by atoms with van der Waals surface area (Å²) in [6, 6.07) is 3.21. The second-order valence-corrected chi connectivity index (χ2v) is 9.65. The van der Waals surface area contributed by atoms with Crippen LogP contribution in [0.2, 0.25) is 0 Å². The second-order valence-electron chi connectivity index (χ2n) is 9.65. The Labute approximate surface area is 204 Å². The van der Waals surface area contributed by atoms with Crippen LogP contribution in [0.4, 0.5) is 35.3 Å². The number of nitrogens with zero attached hydrogens (tertiary/aromatic N) is 3. The number of nitrogen functional groups attached to an aromatic ring is 1. The summed E-state index contributed by atoms with van der Waals surface area (Å²) in [6.45, 7) is 7.03. The molecular weight excluding hydrogens is 477 g/mol. The first-order valence-corrected chi connectivity index (χ1v) is 11.1. The van der Waals surface area contributed by atoms with Crippen molar-refractivity contribution < 1.29 is 27.5 Å². The first kappa shape index (κ1) is 25.1. The maximum Gasteiger partial charge on any atom is 0.412 e. The van der Waals surface area contributed by atoms with E-state index in [0.29, 0.717) is 33.3 Å². The van der Waals surface area contributed by atoms with Gasteiger partial charge in [-0.1, -0.05) is 0 Å². The minimum atomic E-state index is -4.40. The van der Waals surface area contributed by atoms with Crippen LogP contribution in [0, 0.1) is 18.8 Å². The SMILES string of the molecule is Cc1c(NC(=O)OC(C)(C)C)cncc1-c1cc2cc(NC(=O)[C@H]3C[C@@H]3C(F)(F)F)ncc2c(N)n1. The maximum absolute atomic E-state index is 12.8. The number of carbonyl (C=O) groups is 2. The molecule has 2 atom stereocenters. The molecule has 0 radical (unpaired) electrons. The van der Waals surface area contributed by atoms with Crippen LogP contribution in [0.5, 0.6) is 0 Å². The predicted molar refractivity (Wildman–Crippen MR) is 128 cm³/mol. The smallest absolute Gasteiger partial charge is 0.412 e. The number of aromatic nitrogens is 3. The number of anilines is 3. The van der Waals surface area contributed by atoms with E-state index in [1.54, 1.807) is 40.0 Å². The molecule has 0 spiro atoms. The lowest BCUT2D eigenvalue weighted by Crippen LogP contribution is -2.27. The van der Waals surface area contributed by atoms with E-state index in [0.717, 1.165) is 0 Å². The monoisotopic (exact) mass is 502 g/mol. The third kappa shape index (κ3) is 5.47. The van der Waals surface area contributed by atoms with Crippen LogP contribution in [0.1, 0.15) is 32.8 Å². The molecular formula is C24H25F3N6O3. The van der Waals surface area contributed by atoms with Gasteiger partial charge in [0.2, 0.25) is 5.91 Å². The highest BCUT2D eigenvalue weighted by Gasteiger charge is 2.58. The molecule has 1 fully saturated rings. The van der Waals surface area contributed by atoms with E-state index in [4.69, 9.17) is 10.5 Å². The van der Waals surface area contributed by atoms with Gasteiger partial charge in [-0.3, -0.25) is 15.1 Å². The number of nitrogens with one attached hydrogen (secondary N) is 2. The lowest BCUT2D eigenvalue weighted by Gasteiger charge is -2.20. The minimum absolute atomic E-state index is 0.104. The third-order valence-corrected chi connectivity index (χ3v) is 5.67. The van der Waals surface area contributed by atoms with Gasteiger partial charge in [0.25, 0.3) is 0 Å². The molecule has 3 heterocycles. The van der Waals surface area contributed by atoms with E-state index in [1.165, 1.54) is 18.5 Å². The molecule has 9 nitrogen and oxygen atoms in total. The molecule has 0 unspecified atom stereocenters. The fourth-order valence-electron chi connectivity index (χ4n) is 3.77. The first-order valence-electron chi connectivity index (χ1n) is 11.1. The summed E-state index contributed by atoms with van der Waals surface area (Å²) < 4.78 is 43.7. The van der Waals surface area contributed by atoms with Crippen molar-refractivity contribution >= 4 is 40.1 Å². The van der Waals surface area contributed by atoms with Crippen LogP contribution in [-0.2, 0) is 9.53 Å². The highest BCUT2D eigenvalue weighted by molar-refractivity contribution is 5.99. The average Bonchev–Trinajstić information content (AvgIpc) is 3.55. The number of carbonyl (C=O) groups excluding carboxylic acids is 2. The van der Waals surface area contributed by atoms with Gasteiger partial charge in [-0.2, -0.15) is 13.2 Å². The Kier molecular flexibility index (Phi) is 6.23. The number of amides is 2. The van der Waals surface area contributed by atoms with Crippen molar-refractivity contribution in [3.8, 4) is 11.3 Å². The Morgan fingerprint density at radius 1 is 1.11 bits per heavy atom. The van der Waals surface area contributed by atoms with E-state index < -0.39 is 35.6 Å². The second kappa shape index (κ2) is 8.92. The topological polar surface area (TPSA) is 132 Å². The normalized spacial score (nSPS) is 17.5. The number of alkyl halides is 3. The lowest BCUT2D eigenvalue weighted by atomic mass is 10.0. The Balaban J connectivity index is 1.60. The fourth-order valence-corrected chi connectivity index (χ4v) is 3.77. The molecule has 36 heavy (non-hydrogen) atoms. The highest BCUT2D eigenvalue weighted by Crippen LogP contribution is 2.50. The van der Waals surface area contributed by atoms with E-state index in [1.807, 2.05) is 0 Å². The number of rotatable bonds is 4. The Morgan fingerprint density at radius 3 is 2.47 bits per heavy atom. The predicted octanol–water partition coefficient (Wildman–Crippen LogP) is 5.07. The number of hydrogen-bond acceptors (Lipinski definition) is 7. The molecule has 3 aromatic rings. The van der Waals surface area contributed by atoms with E-state index in [2.05, 4.69) is 25.6 Å². The zero-order chi connectivity index (χ0) is 26.4. The first-order chi connectivity index (χ1) is 16.7. The highest BCUT2D eigenvalue weighted by atomic mass is 19.4. The zero-order valence-electron chi connectivity index (χ0n) is 20.0. The van der Waals surface area contributed by atoms with Crippen molar-refractivity contribution in [3.63, 3.8) is 0 Å². The van der Waals surface area contributed by atoms with Crippen molar-refractivity contribution in [2.45, 2.75) is 45.9 Å². The van der Waals surface area contributed by atoms with Gasteiger partial charge in [-0.15, -0.1) is 0 Å². The largest absolute Gasteiger partial charge is 0.444 e. The average molecular weight is 502 g/mol. The quantitative estimate of drug-likeness (QED) is 0.454. The molecule has 2 amide bonds. The van der Waals surface area contributed by atoms with E-state index >= 15 is 0 Å². The summed E-state index contributed by atoms with van der Waals surface area (Å²) in [7, 11) is 0. The van der Waals surface area contributed by atoms with Gasteiger partial charge < -0.3 is 15.8 Å². The molecule has 4 N–H and O–H groups in total. The third-order valence-electron chi connectivity index (χ3n) is 5.67. The lowest BCUT2D eigenvalue weighted by molar-refractivity contribution is -0.153. The van der Waals surface area contributed by atoms with E-state index in [9.17, 15) is 22.8 Å². The number of fused-ring (bicyclic) bond motifs is 1. The standard InChI is InChI=1S/C24H25F3N6O3/c1-11-14(8-29-10-18(11)32-22(35)36-23(2,3)4)17-5-12-6-19(30-9-15(12)20(28)31-17)33-21(34)13-7-16(13)24(25,26)27/h5-6,8-10,13,16H,7H2,1-4H3,(H2,28,31)(H,32,35)(H,30,33,34)/t13-,16-/m0/s1.